The molecule has 0 amide bonds. The predicted octanol–water partition coefficient (Wildman–Crippen LogP) is -3.39. The van der Waals surface area contributed by atoms with Crippen molar-refractivity contribution in [3.63, 3.8) is 0 Å². The van der Waals surface area contributed by atoms with Crippen molar-refractivity contribution >= 4 is 10.4 Å². The van der Waals surface area contributed by atoms with Crippen molar-refractivity contribution in [2.45, 2.75) is 30.7 Å². The normalized spacial score (nSPS) is 40.9. The molecule has 1 fully saturated rings. The van der Waals surface area contributed by atoms with Gasteiger partial charge in [0.15, 0.2) is 6.29 Å². The van der Waals surface area contributed by atoms with Gasteiger partial charge in [0.2, 0.25) is 0 Å². The summed E-state index contributed by atoms with van der Waals surface area (Å²) in [6.45, 7) is -0.777. The van der Waals surface area contributed by atoms with Crippen molar-refractivity contribution in [1.82, 2.24) is 0 Å². The van der Waals surface area contributed by atoms with E-state index in [1.54, 1.807) is 0 Å². The number of hydrogen-bond donors (Lipinski definition) is 5. The van der Waals surface area contributed by atoms with Crippen molar-refractivity contribution in [1.29, 1.82) is 0 Å². The minimum atomic E-state index is -4.88. The molecule has 0 spiro atoms. The Kier molecular flexibility index (Phi) is 4.20. The van der Waals surface area contributed by atoms with E-state index in [1.165, 1.54) is 0 Å². The van der Waals surface area contributed by atoms with Crippen LogP contribution in [-0.4, -0.2) is 70.7 Å². The van der Waals surface area contributed by atoms with Crippen molar-refractivity contribution in [2.75, 3.05) is 6.61 Å². The van der Waals surface area contributed by atoms with Gasteiger partial charge < -0.3 is 25.2 Å². The first kappa shape index (κ1) is 13.7. The maximum atomic E-state index is 10.4. The Morgan fingerprint density at radius 1 is 1.19 bits per heavy atom. The molecular formula is C6H12O9S. The third kappa shape index (κ3) is 3.09. The molecule has 1 aliphatic rings. The van der Waals surface area contributed by atoms with Gasteiger partial charge in [0, 0.05) is 0 Å². The van der Waals surface area contributed by atoms with Crippen LogP contribution in [0, 0.1) is 0 Å². The number of rotatable bonds is 3. The second kappa shape index (κ2) is 4.89. The zero-order valence-electron chi connectivity index (χ0n) is 7.87. The Bertz CT molecular complexity index is 325. The third-order valence-electron chi connectivity index (χ3n) is 2.07. The molecule has 1 heterocycles. The molecule has 1 rings (SSSR count). The zero-order valence-corrected chi connectivity index (χ0v) is 8.69. The highest BCUT2D eigenvalue weighted by Gasteiger charge is 2.46. The summed E-state index contributed by atoms with van der Waals surface area (Å²) in [5, 5.41) is 36.4. The van der Waals surface area contributed by atoms with Crippen molar-refractivity contribution < 1.29 is 42.3 Å². The number of aliphatic hydroxyl groups is 4. The number of aliphatic hydroxyl groups excluding tert-OH is 4. The first-order valence-electron chi connectivity index (χ1n) is 4.22. The highest BCUT2D eigenvalue weighted by Crippen LogP contribution is 2.23. The summed E-state index contributed by atoms with van der Waals surface area (Å²) in [5.41, 5.74) is 0. The van der Waals surface area contributed by atoms with Gasteiger partial charge in [-0.05, 0) is 0 Å². The molecule has 0 aromatic rings. The van der Waals surface area contributed by atoms with Crippen LogP contribution in [0.1, 0.15) is 0 Å². The maximum Gasteiger partial charge on any atom is 0.397 e. The lowest BCUT2D eigenvalue weighted by Gasteiger charge is -2.38. The third-order valence-corrected chi connectivity index (χ3v) is 2.54. The SMILES string of the molecule is O=S(=O)(O)O[C@H]1[C@H](O)[C@@H](O)[C@@H](O)O[C@@H]1CO. The molecule has 9 nitrogen and oxygen atoms in total. The topological polar surface area (TPSA) is 154 Å². The molecule has 0 aromatic carbocycles. The predicted molar refractivity (Wildman–Crippen MR) is 46.4 cm³/mol. The smallest absolute Gasteiger partial charge is 0.394 e. The molecule has 10 heteroatoms. The Balaban J connectivity index is 2.85. The van der Waals surface area contributed by atoms with E-state index in [9.17, 15) is 13.5 Å². The lowest BCUT2D eigenvalue weighted by atomic mass is 9.99. The summed E-state index contributed by atoms with van der Waals surface area (Å²) < 4.78 is 37.9. The Hall–Kier alpha value is -0.330. The van der Waals surface area contributed by atoms with Crippen molar-refractivity contribution in [3.8, 4) is 0 Å². The fourth-order valence-electron chi connectivity index (χ4n) is 1.33. The van der Waals surface area contributed by atoms with Gasteiger partial charge in [-0.3, -0.25) is 4.55 Å². The molecule has 5 atom stereocenters. The van der Waals surface area contributed by atoms with Crippen LogP contribution in [0.3, 0.4) is 0 Å². The second-order valence-electron chi connectivity index (χ2n) is 3.22. The molecule has 96 valence electrons. The molecule has 0 aliphatic carbocycles. The van der Waals surface area contributed by atoms with Crippen LogP contribution >= 0.6 is 0 Å². The highest BCUT2D eigenvalue weighted by molar-refractivity contribution is 7.80. The molecular weight excluding hydrogens is 248 g/mol. The fraction of sp³-hybridized carbons (Fsp3) is 1.00. The van der Waals surface area contributed by atoms with E-state index in [4.69, 9.17) is 19.9 Å². The molecule has 0 bridgehead atoms. The molecule has 1 aliphatic heterocycles. The minimum Gasteiger partial charge on any atom is -0.394 e. The summed E-state index contributed by atoms with van der Waals surface area (Å²) >= 11 is 0. The Labute approximate surface area is 90.8 Å². The van der Waals surface area contributed by atoms with Gasteiger partial charge in [-0.1, -0.05) is 0 Å². The first-order chi connectivity index (χ1) is 7.26. The van der Waals surface area contributed by atoms with Crippen LogP contribution in [0.25, 0.3) is 0 Å². The average Bonchev–Trinajstić information content (AvgIpc) is 2.17. The summed E-state index contributed by atoms with van der Waals surface area (Å²) in [7, 11) is -4.88. The van der Waals surface area contributed by atoms with Crippen LogP contribution in [0.4, 0.5) is 0 Å². The summed E-state index contributed by atoms with van der Waals surface area (Å²) in [6.07, 6.45) is -8.53. The maximum absolute atomic E-state index is 10.4. The van der Waals surface area contributed by atoms with Gasteiger partial charge in [0.05, 0.1) is 6.61 Å². The van der Waals surface area contributed by atoms with Gasteiger partial charge in [0.25, 0.3) is 0 Å². The highest BCUT2D eigenvalue weighted by atomic mass is 32.3. The summed E-state index contributed by atoms with van der Waals surface area (Å²) in [4.78, 5) is 0. The minimum absolute atomic E-state index is 0.777. The fourth-order valence-corrected chi connectivity index (χ4v) is 1.84. The van der Waals surface area contributed by atoms with E-state index in [2.05, 4.69) is 8.92 Å². The molecule has 0 aromatic heterocycles. The molecule has 1 saturated heterocycles. The van der Waals surface area contributed by atoms with Crippen LogP contribution in [-0.2, 0) is 19.3 Å². The molecule has 0 radical (unpaired) electrons. The number of hydrogen-bond acceptors (Lipinski definition) is 8. The van der Waals surface area contributed by atoms with Crippen molar-refractivity contribution in [3.05, 3.63) is 0 Å². The summed E-state index contributed by atoms with van der Waals surface area (Å²) in [6, 6.07) is 0. The zero-order chi connectivity index (χ0) is 12.5. The molecule has 0 saturated carbocycles. The van der Waals surface area contributed by atoms with E-state index in [0.717, 1.165) is 0 Å². The van der Waals surface area contributed by atoms with Crippen LogP contribution in [0.5, 0.6) is 0 Å². The standard InChI is InChI=1S/C6H12O9S/c7-1-2-5(15-16(11,12)13)3(8)4(9)6(10)14-2/h2-10H,1H2,(H,11,12,13)/t2-,3-,4-,5-,6+/m1/s1. The summed E-state index contributed by atoms with van der Waals surface area (Å²) in [5.74, 6) is 0. The van der Waals surface area contributed by atoms with Crippen LogP contribution in [0.2, 0.25) is 0 Å². The van der Waals surface area contributed by atoms with E-state index in [-0.39, 0.29) is 0 Å². The van der Waals surface area contributed by atoms with Crippen LogP contribution < -0.4 is 0 Å². The van der Waals surface area contributed by atoms with E-state index < -0.39 is 47.7 Å². The van der Waals surface area contributed by atoms with Gasteiger partial charge in [-0.25, -0.2) is 4.18 Å². The lowest BCUT2D eigenvalue weighted by Crippen LogP contribution is -2.59. The van der Waals surface area contributed by atoms with Crippen molar-refractivity contribution in [2.24, 2.45) is 0 Å². The Morgan fingerprint density at radius 3 is 2.19 bits per heavy atom. The quantitative estimate of drug-likeness (QED) is 0.327. The largest absolute Gasteiger partial charge is 0.397 e. The monoisotopic (exact) mass is 260 g/mol. The van der Waals surface area contributed by atoms with Crippen LogP contribution in [0.15, 0.2) is 0 Å². The van der Waals surface area contributed by atoms with E-state index in [0.29, 0.717) is 0 Å². The second-order valence-corrected chi connectivity index (χ2v) is 4.27. The van der Waals surface area contributed by atoms with Gasteiger partial charge in [-0.15, -0.1) is 0 Å². The molecule has 5 N–H and O–H groups in total. The average molecular weight is 260 g/mol. The van der Waals surface area contributed by atoms with Gasteiger partial charge in [0.1, 0.15) is 24.4 Å². The van der Waals surface area contributed by atoms with E-state index in [1.807, 2.05) is 0 Å². The molecule has 16 heavy (non-hydrogen) atoms. The van der Waals surface area contributed by atoms with Gasteiger partial charge in [-0.2, -0.15) is 8.42 Å². The number of ether oxygens (including phenoxy) is 1. The lowest BCUT2D eigenvalue weighted by molar-refractivity contribution is -0.282. The Morgan fingerprint density at radius 2 is 1.75 bits per heavy atom. The first-order valence-corrected chi connectivity index (χ1v) is 5.59. The van der Waals surface area contributed by atoms with E-state index >= 15 is 0 Å². The van der Waals surface area contributed by atoms with Gasteiger partial charge >= 0.3 is 10.4 Å². The molecule has 0 unspecified atom stereocenters.